The maximum absolute atomic E-state index is 13.4. The van der Waals surface area contributed by atoms with E-state index in [1.807, 2.05) is 11.6 Å². The van der Waals surface area contributed by atoms with E-state index < -0.39 is 27.3 Å². The Labute approximate surface area is 109 Å². The summed E-state index contributed by atoms with van der Waals surface area (Å²) in [4.78, 5) is 0. The number of benzene rings is 1. The minimum Gasteiger partial charge on any atom is -0.316 e. The van der Waals surface area contributed by atoms with Crippen LogP contribution in [0.3, 0.4) is 0 Å². The normalized spacial score (nSPS) is 11.6. The first-order chi connectivity index (χ1) is 8.35. The molecule has 0 bridgehead atoms. The number of hydrogen-bond donors (Lipinski definition) is 2. The zero-order chi connectivity index (χ0) is 13.8. The molecule has 2 N–H and O–H groups in total. The molecule has 0 aromatic heterocycles. The van der Waals surface area contributed by atoms with E-state index in [0.29, 0.717) is 12.6 Å². The fourth-order valence-corrected chi connectivity index (χ4v) is 2.56. The van der Waals surface area contributed by atoms with E-state index in [1.54, 1.807) is 0 Å². The van der Waals surface area contributed by atoms with Crippen molar-refractivity contribution in [1.29, 1.82) is 0 Å². The van der Waals surface area contributed by atoms with Crippen LogP contribution >= 0.6 is 11.6 Å². The first-order valence-electron chi connectivity index (χ1n) is 5.21. The Kier molecular flexibility index (Phi) is 5.30. The summed E-state index contributed by atoms with van der Waals surface area (Å²) in [5.41, 5.74) is -0.436. The predicted molar refractivity (Wildman–Crippen MR) is 67.3 cm³/mol. The maximum atomic E-state index is 13.4. The fourth-order valence-electron chi connectivity index (χ4n) is 1.23. The van der Waals surface area contributed by atoms with Crippen LogP contribution in [0, 0.1) is 11.6 Å². The van der Waals surface area contributed by atoms with E-state index in [2.05, 4.69) is 5.32 Å². The van der Waals surface area contributed by atoms with Gasteiger partial charge in [-0.15, -0.1) is 0 Å². The second-order valence-corrected chi connectivity index (χ2v) is 5.77. The van der Waals surface area contributed by atoms with Gasteiger partial charge in [0.15, 0.2) is 5.82 Å². The molecule has 4 nitrogen and oxygen atoms in total. The summed E-state index contributed by atoms with van der Waals surface area (Å²) in [6.45, 7) is 2.68. The number of rotatable bonds is 6. The van der Waals surface area contributed by atoms with Crippen LogP contribution in [0.4, 0.5) is 14.5 Å². The maximum Gasteiger partial charge on any atom is 0.234 e. The van der Waals surface area contributed by atoms with Gasteiger partial charge in [0.1, 0.15) is 11.5 Å². The largest absolute Gasteiger partial charge is 0.316 e. The lowest BCUT2D eigenvalue weighted by molar-refractivity contribution is 0.582. The predicted octanol–water partition coefficient (Wildman–Crippen LogP) is 1.97. The minimum atomic E-state index is -3.72. The summed E-state index contributed by atoms with van der Waals surface area (Å²) < 4.78 is 51.3. The Balaban J connectivity index is 2.84. The third-order valence-corrected chi connectivity index (χ3v) is 3.62. The van der Waals surface area contributed by atoms with Crippen LogP contribution in [0.2, 0.25) is 5.02 Å². The van der Waals surface area contributed by atoms with E-state index in [1.165, 1.54) is 0 Å². The zero-order valence-corrected chi connectivity index (χ0v) is 11.2. The van der Waals surface area contributed by atoms with Crippen molar-refractivity contribution in [1.82, 2.24) is 5.32 Å². The highest BCUT2D eigenvalue weighted by Crippen LogP contribution is 2.27. The number of sulfonamides is 1. The molecule has 0 atom stereocenters. The summed E-state index contributed by atoms with van der Waals surface area (Å²) in [6.07, 6.45) is 0. The Morgan fingerprint density at radius 1 is 1.33 bits per heavy atom. The Hall–Kier alpha value is -0.920. The molecule has 0 heterocycles. The third kappa shape index (κ3) is 4.40. The quantitative estimate of drug-likeness (QED) is 0.790. The molecular formula is C10H13ClF2N2O2S. The molecule has 0 aliphatic rings. The molecule has 0 saturated heterocycles. The fraction of sp³-hybridized carbons (Fsp3) is 0.400. The van der Waals surface area contributed by atoms with Crippen LogP contribution in [0.15, 0.2) is 12.1 Å². The van der Waals surface area contributed by atoms with Crippen molar-refractivity contribution in [2.75, 3.05) is 23.6 Å². The van der Waals surface area contributed by atoms with E-state index in [9.17, 15) is 17.2 Å². The summed E-state index contributed by atoms with van der Waals surface area (Å²) in [7, 11) is -3.72. The van der Waals surface area contributed by atoms with Crippen molar-refractivity contribution in [3.8, 4) is 0 Å². The number of hydrogen-bond acceptors (Lipinski definition) is 3. The molecule has 0 spiro atoms. The topological polar surface area (TPSA) is 58.2 Å². The smallest absolute Gasteiger partial charge is 0.234 e. The molecule has 0 amide bonds. The molecule has 1 rings (SSSR count). The van der Waals surface area contributed by atoms with Crippen molar-refractivity contribution in [3.63, 3.8) is 0 Å². The highest BCUT2D eigenvalue weighted by molar-refractivity contribution is 7.92. The van der Waals surface area contributed by atoms with Crippen LogP contribution in [0.5, 0.6) is 0 Å². The first kappa shape index (κ1) is 15.1. The van der Waals surface area contributed by atoms with Gasteiger partial charge < -0.3 is 5.32 Å². The number of anilines is 1. The highest BCUT2D eigenvalue weighted by Gasteiger charge is 2.16. The first-order valence-corrected chi connectivity index (χ1v) is 7.24. The Morgan fingerprint density at radius 3 is 2.56 bits per heavy atom. The molecule has 1 aromatic carbocycles. The summed E-state index contributed by atoms with van der Waals surface area (Å²) >= 11 is 5.58. The van der Waals surface area contributed by atoms with Crippen LogP contribution < -0.4 is 10.0 Å². The van der Waals surface area contributed by atoms with Gasteiger partial charge in [0.05, 0.1) is 10.8 Å². The van der Waals surface area contributed by atoms with Crippen LogP contribution in [-0.4, -0.2) is 27.3 Å². The van der Waals surface area contributed by atoms with Crippen molar-refractivity contribution in [2.24, 2.45) is 0 Å². The molecule has 0 aliphatic carbocycles. The molecular weight excluding hydrogens is 286 g/mol. The van der Waals surface area contributed by atoms with Gasteiger partial charge in [0.2, 0.25) is 10.0 Å². The van der Waals surface area contributed by atoms with Crippen molar-refractivity contribution in [2.45, 2.75) is 6.92 Å². The highest BCUT2D eigenvalue weighted by atomic mass is 35.5. The second kappa shape index (κ2) is 6.31. The molecule has 0 unspecified atom stereocenters. The lowest BCUT2D eigenvalue weighted by atomic mass is 10.3. The Morgan fingerprint density at radius 2 is 2.00 bits per heavy atom. The van der Waals surface area contributed by atoms with Gasteiger partial charge in [-0.1, -0.05) is 18.5 Å². The monoisotopic (exact) mass is 298 g/mol. The second-order valence-electron chi connectivity index (χ2n) is 3.52. The molecule has 0 fully saturated rings. The SMILES string of the molecule is CCNCCS(=O)(=O)Nc1c(F)cc(F)cc1Cl. The van der Waals surface area contributed by atoms with Crippen LogP contribution in [0.25, 0.3) is 0 Å². The molecule has 0 aliphatic heterocycles. The molecule has 0 saturated carbocycles. The Bertz CT molecular complexity index is 500. The van der Waals surface area contributed by atoms with Gasteiger partial charge in [-0.3, -0.25) is 4.72 Å². The van der Waals surface area contributed by atoms with Crippen molar-refractivity contribution >= 4 is 27.3 Å². The number of halogens is 3. The summed E-state index contributed by atoms with van der Waals surface area (Å²) in [6, 6.07) is 1.40. The van der Waals surface area contributed by atoms with Gasteiger partial charge in [-0.05, 0) is 12.6 Å². The minimum absolute atomic E-state index is 0.228. The van der Waals surface area contributed by atoms with Crippen molar-refractivity contribution in [3.05, 3.63) is 28.8 Å². The van der Waals surface area contributed by atoms with E-state index >= 15 is 0 Å². The van der Waals surface area contributed by atoms with Gasteiger partial charge in [0.25, 0.3) is 0 Å². The molecule has 0 radical (unpaired) electrons. The van der Waals surface area contributed by atoms with E-state index in [4.69, 9.17) is 11.6 Å². The molecule has 8 heteroatoms. The van der Waals surface area contributed by atoms with Crippen LogP contribution in [-0.2, 0) is 10.0 Å². The molecule has 102 valence electrons. The average molecular weight is 299 g/mol. The lowest BCUT2D eigenvalue weighted by Gasteiger charge is -2.10. The van der Waals surface area contributed by atoms with E-state index in [0.717, 1.165) is 6.07 Å². The third-order valence-electron chi connectivity index (χ3n) is 2.06. The summed E-state index contributed by atoms with van der Waals surface area (Å²) in [5, 5.41) is 2.50. The van der Waals surface area contributed by atoms with Gasteiger partial charge in [0, 0.05) is 12.6 Å². The number of nitrogens with one attached hydrogen (secondary N) is 2. The van der Waals surface area contributed by atoms with Gasteiger partial charge in [-0.2, -0.15) is 0 Å². The lowest BCUT2D eigenvalue weighted by Crippen LogP contribution is -2.27. The van der Waals surface area contributed by atoms with Crippen LogP contribution in [0.1, 0.15) is 6.92 Å². The van der Waals surface area contributed by atoms with Crippen molar-refractivity contribution < 1.29 is 17.2 Å². The van der Waals surface area contributed by atoms with Gasteiger partial charge >= 0.3 is 0 Å². The van der Waals surface area contributed by atoms with Gasteiger partial charge in [-0.25, -0.2) is 17.2 Å². The average Bonchev–Trinajstić information content (AvgIpc) is 2.23. The zero-order valence-electron chi connectivity index (χ0n) is 9.63. The van der Waals surface area contributed by atoms with E-state index in [-0.39, 0.29) is 17.3 Å². The standard InChI is InChI=1S/C10H13ClF2N2O2S/c1-2-14-3-4-18(16,17)15-10-8(11)5-7(12)6-9(10)13/h5-6,14-15H,2-4H2,1H3. The summed E-state index contributed by atoms with van der Waals surface area (Å²) in [5.74, 6) is -2.14. The molecule has 18 heavy (non-hydrogen) atoms. The molecule has 1 aromatic rings.